The molecule has 0 unspecified atom stereocenters. The molecule has 2 aromatic rings. The van der Waals surface area contributed by atoms with Crippen molar-refractivity contribution in [3.05, 3.63) is 46.4 Å². The van der Waals surface area contributed by atoms with E-state index in [1.54, 1.807) is 6.20 Å². The van der Waals surface area contributed by atoms with Gasteiger partial charge < -0.3 is 10.6 Å². The molecule has 1 aromatic heterocycles. The van der Waals surface area contributed by atoms with Gasteiger partial charge in [-0.3, -0.25) is 4.79 Å². The Kier molecular flexibility index (Phi) is 5.18. The molecule has 2 rings (SSSR count). The van der Waals surface area contributed by atoms with Crippen molar-refractivity contribution in [1.82, 2.24) is 10.3 Å². The lowest BCUT2D eigenvalue weighted by atomic mass is 10.1. The molecule has 0 spiro atoms. The average Bonchev–Trinajstić information content (AvgIpc) is 2.92. The van der Waals surface area contributed by atoms with E-state index in [1.807, 2.05) is 29.6 Å². The van der Waals surface area contributed by atoms with Crippen LogP contribution in [0.5, 0.6) is 0 Å². The lowest BCUT2D eigenvalue weighted by Gasteiger charge is -2.06. The first-order valence-electron chi connectivity index (χ1n) is 5.88. The normalized spacial score (nSPS) is 10.2. The van der Waals surface area contributed by atoms with Gasteiger partial charge >= 0.3 is 0 Å². The molecule has 6 heteroatoms. The highest BCUT2D eigenvalue weighted by molar-refractivity contribution is 7.13. The zero-order valence-electron chi connectivity index (χ0n) is 10.2. The Morgan fingerprint density at radius 1 is 1.32 bits per heavy atom. The van der Waals surface area contributed by atoms with E-state index in [-0.39, 0.29) is 12.5 Å². The van der Waals surface area contributed by atoms with E-state index in [0.717, 1.165) is 22.1 Å². The SMILES string of the molecule is O=C(CNc1nccs1)NCCc1ccc(Cl)cc1. The fourth-order valence-electron chi connectivity index (χ4n) is 1.53. The Bertz CT molecular complexity index is 513. The fraction of sp³-hybridized carbons (Fsp3) is 0.231. The highest BCUT2D eigenvalue weighted by Crippen LogP contribution is 2.10. The second-order valence-electron chi connectivity index (χ2n) is 3.92. The van der Waals surface area contributed by atoms with Crippen molar-refractivity contribution in [3.8, 4) is 0 Å². The number of aromatic nitrogens is 1. The lowest BCUT2D eigenvalue weighted by Crippen LogP contribution is -2.31. The van der Waals surface area contributed by atoms with Gasteiger partial charge in [-0.05, 0) is 24.1 Å². The van der Waals surface area contributed by atoms with E-state index < -0.39 is 0 Å². The Morgan fingerprint density at radius 3 is 2.79 bits per heavy atom. The van der Waals surface area contributed by atoms with Gasteiger partial charge in [-0.15, -0.1) is 11.3 Å². The Labute approximate surface area is 120 Å². The molecule has 0 aliphatic rings. The van der Waals surface area contributed by atoms with Crippen molar-refractivity contribution < 1.29 is 4.79 Å². The second kappa shape index (κ2) is 7.11. The van der Waals surface area contributed by atoms with Crippen molar-refractivity contribution in [2.75, 3.05) is 18.4 Å². The first-order valence-corrected chi connectivity index (χ1v) is 7.14. The van der Waals surface area contributed by atoms with Crippen molar-refractivity contribution >= 4 is 34.0 Å². The van der Waals surface area contributed by atoms with E-state index in [9.17, 15) is 4.79 Å². The highest BCUT2D eigenvalue weighted by atomic mass is 35.5. The summed E-state index contributed by atoms with van der Waals surface area (Å²) < 4.78 is 0. The summed E-state index contributed by atoms with van der Waals surface area (Å²) in [6.07, 6.45) is 2.49. The predicted molar refractivity (Wildman–Crippen MR) is 78.8 cm³/mol. The van der Waals surface area contributed by atoms with Gasteiger partial charge in [0.25, 0.3) is 0 Å². The lowest BCUT2D eigenvalue weighted by molar-refractivity contribution is -0.119. The third kappa shape index (κ3) is 4.89. The molecule has 0 saturated carbocycles. The van der Waals surface area contributed by atoms with Crippen LogP contribution in [0.1, 0.15) is 5.56 Å². The van der Waals surface area contributed by atoms with Crippen LogP contribution < -0.4 is 10.6 Å². The monoisotopic (exact) mass is 295 g/mol. The Morgan fingerprint density at radius 2 is 2.11 bits per heavy atom. The van der Waals surface area contributed by atoms with Crippen LogP contribution in [0, 0.1) is 0 Å². The van der Waals surface area contributed by atoms with Gasteiger partial charge in [0.2, 0.25) is 5.91 Å². The largest absolute Gasteiger partial charge is 0.354 e. The molecule has 0 saturated heterocycles. The standard InChI is InChI=1S/C13H14ClN3OS/c14-11-3-1-10(2-4-11)5-6-15-12(18)9-17-13-16-7-8-19-13/h1-4,7-8H,5-6,9H2,(H,15,18)(H,16,17). The molecule has 1 heterocycles. The maximum Gasteiger partial charge on any atom is 0.239 e. The smallest absolute Gasteiger partial charge is 0.239 e. The number of nitrogens with zero attached hydrogens (tertiary/aromatic N) is 1. The zero-order chi connectivity index (χ0) is 13.5. The van der Waals surface area contributed by atoms with Gasteiger partial charge in [0, 0.05) is 23.1 Å². The van der Waals surface area contributed by atoms with Crippen LogP contribution in [0.2, 0.25) is 5.02 Å². The van der Waals surface area contributed by atoms with Crippen LogP contribution in [-0.2, 0) is 11.2 Å². The van der Waals surface area contributed by atoms with Crippen molar-refractivity contribution in [2.45, 2.75) is 6.42 Å². The molecular formula is C13H14ClN3OS. The first-order chi connectivity index (χ1) is 9.24. The molecule has 0 radical (unpaired) electrons. The summed E-state index contributed by atoms with van der Waals surface area (Å²) in [4.78, 5) is 15.6. The number of amides is 1. The zero-order valence-corrected chi connectivity index (χ0v) is 11.8. The number of carbonyl (C=O) groups is 1. The number of hydrogen-bond donors (Lipinski definition) is 2. The van der Waals surface area contributed by atoms with Gasteiger partial charge in [0.15, 0.2) is 5.13 Å². The van der Waals surface area contributed by atoms with Gasteiger partial charge in [0.1, 0.15) is 0 Å². The summed E-state index contributed by atoms with van der Waals surface area (Å²) in [5, 5.41) is 9.15. The minimum atomic E-state index is -0.0378. The number of carbonyl (C=O) groups excluding carboxylic acids is 1. The fourth-order valence-corrected chi connectivity index (χ4v) is 2.18. The molecule has 1 amide bonds. The average molecular weight is 296 g/mol. The van der Waals surface area contributed by atoms with E-state index in [1.165, 1.54) is 11.3 Å². The minimum Gasteiger partial charge on any atom is -0.354 e. The summed E-state index contributed by atoms with van der Waals surface area (Å²) >= 11 is 7.28. The van der Waals surface area contributed by atoms with Gasteiger partial charge in [-0.25, -0.2) is 4.98 Å². The van der Waals surface area contributed by atoms with Crippen LogP contribution in [0.15, 0.2) is 35.8 Å². The number of thiazole rings is 1. The van der Waals surface area contributed by atoms with Crippen LogP contribution in [0.4, 0.5) is 5.13 Å². The number of anilines is 1. The molecule has 0 aliphatic carbocycles. The minimum absolute atomic E-state index is 0.0378. The number of benzene rings is 1. The topological polar surface area (TPSA) is 54.0 Å². The summed E-state index contributed by atoms with van der Waals surface area (Å²) in [5.41, 5.74) is 1.15. The number of rotatable bonds is 6. The quantitative estimate of drug-likeness (QED) is 0.861. The van der Waals surface area contributed by atoms with Crippen molar-refractivity contribution in [3.63, 3.8) is 0 Å². The molecule has 4 nitrogen and oxygen atoms in total. The van der Waals surface area contributed by atoms with E-state index >= 15 is 0 Å². The molecule has 19 heavy (non-hydrogen) atoms. The number of hydrogen-bond acceptors (Lipinski definition) is 4. The molecule has 0 aliphatic heterocycles. The molecule has 100 valence electrons. The van der Waals surface area contributed by atoms with Crippen LogP contribution in [0.3, 0.4) is 0 Å². The van der Waals surface area contributed by atoms with E-state index in [4.69, 9.17) is 11.6 Å². The van der Waals surface area contributed by atoms with E-state index in [2.05, 4.69) is 15.6 Å². The van der Waals surface area contributed by atoms with Crippen LogP contribution in [0.25, 0.3) is 0 Å². The maximum absolute atomic E-state index is 11.6. The summed E-state index contributed by atoms with van der Waals surface area (Å²) in [5.74, 6) is -0.0378. The molecular weight excluding hydrogens is 282 g/mol. The van der Waals surface area contributed by atoms with Gasteiger partial charge in [-0.1, -0.05) is 23.7 Å². The maximum atomic E-state index is 11.6. The summed E-state index contributed by atoms with van der Waals surface area (Å²) in [6.45, 7) is 0.855. The summed E-state index contributed by atoms with van der Waals surface area (Å²) in [6, 6.07) is 7.62. The molecule has 1 aromatic carbocycles. The summed E-state index contributed by atoms with van der Waals surface area (Å²) in [7, 11) is 0. The number of nitrogens with one attached hydrogen (secondary N) is 2. The second-order valence-corrected chi connectivity index (χ2v) is 5.25. The molecule has 2 N–H and O–H groups in total. The van der Waals surface area contributed by atoms with Gasteiger partial charge in [0.05, 0.1) is 6.54 Å². The van der Waals surface area contributed by atoms with Gasteiger partial charge in [-0.2, -0.15) is 0 Å². The van der Waals surface area contributed by atoms with Crippen molar-refractivity contribution in [2.24, 2.45) is 0 Å². The Balaban J connectivity index is 1.65. The predicted octanol–water partition coefficient (Wildman–Crippen LogP) is 2.57. The third-order valence-corrected chi connectivity index (χ3v) is 3.46. The van der Waals surface area contributed by atoms with Crippen LogP contribution in [-0.4, -0.2) is 24.0 Å². The highest BCUT2D eigenvalue weighted by Gasteiger charge is 2.02. The molecule has 0 bridgehead atoms. The molecule has 0 atom stereocenters. The Hall–Kier alpha value is -1.59. The van der Waals surface area contributed by atoms with E-state index in [0.29, 0.717) is 6.54 Å². The molecule has 0 fully saturated rings. The first kappa shape index (κ1) is 13.8. The van der Waals surface area contributed by atoms with Crippen LogP contribution >= 0.6 is 22.9 Å². The van der Waals surface area contributed by atoms with Crippen molar-refractivity contribution in [1.29, 1.82) is 0 Å². The third-order valence-electron chi connectivity index (χ3n) is 2.48. The number of halogens is 1.